The van der Waals surface area contributed by atoms with Crippen LogP contribution in [-0.2, 0) is 7.05 Å². The van der Waals surface area contributed by atoms with Gasteiger partial charge in [0.1, 0.15) is 5.75 Å². The molecular weight excluding hydrogens is 264 g/mol. The van der Waals surface area contributed by atoms with Gasteiger partial charge in [0.05, 0.1) is 18.8 Å². The van der Waals surface area contributed by atoms with Crippen LogP contribution in [0.4, 0.5) is 0 Å². The van der Waals surface area contributed by atoms with Crippen molar-refractivity contribution in [2.24, 2.45) is 12.9 Å². The van der Waals surface area contributed by atoms with E-state index in [1.165, 1.54) is 0 Å². The smallest absolute Gasteiger partial charge is 0.122 e. The Morgan fingerprint density at radius 2 is 1.86 bits per heavy atom. The van der Waals surface area contributed by atoms with Gasteiger partial charge in [0.25, 0.3) is 0 Å². The van der Waals surface area contributed by atoms with Crippen LogP contribution in [0.5, 0.6) is 5.75 Å². The number of hydrazine groups is 1. The van der Waals surface area contributed by atoms with E-state index < -0.39 is 0 Å². The molecule has 0 radical (unpaired) electrons. The van der Waals surface area contributed by atoms with Gasteiger partial charge < -0.3 is 4.74 Å². The van der Waals surface area contributed by atoms with E-state index in [4.69, 9.17) is 10.6 Å². The zero-order valence-corrected chi connectivity index (χ0v) is 13.6. The molecule has 2 rings (SSSR count). The number of benzene rings is 1. The maximum Gasteiger partial charge on any atom is 0.122 e. The fourth-order valence-corrected chi connectivity index (χ4v) is 2.88. The van der Waals surface area contributed by atoms with E-state index in [-0.39, 0.29) is 6.04 Å². The highest BCUT2D eigenvalue weighted by molar-refractivity contribution is 5.47. The third kappa shape index (κ3) is 2.66. The molecule has 0 bridgehead atoms. The summed E-state index contributed by atoms with van der Waals surface area (Å²) in [5, 5.41) is 4.49. The van der Waals surface area contributed by atoms with E-state index in [1.807, 2.05) is 25.6 Å². The van der Waals surface area contributed by atoms with Crippen molar-refractivity contribution in [3.63, 3.8) is 0 Å². The molecule has 1 atom stereocenters. The molecule has 2 aromatic rings. The number of hydrogen-bond acceptors (Lipinski definition) is 4. The minimum absolute atomic E-state index is 0.0803. The molecule has 1 heterocycles. The Morgan fingerprint density at radius 3 is 2.33 bits per heavy atom. The lowest BCUT2D eigenvalue weighted by molar-refractivity contribution is 0.411. The van der Waals surface area contributed by atoms with E-state index in [9.17, 15) is 0 Å². The summed E-state index contributed by atoms with van der Waals surface area (Å²) in [5.74, 6) is 6.75. The van der Waals surface area contributed by atoms with Crippen molar-refractivity contribution >= 4 is 0 Å². The van der Waals surface area contributed by atoms with Crippen molar-refractivity contribution in [2.75, 3.05) is 7.11 Å². The van der Waals surface area contributed by atoms with E-state index in [0.29, 0.717) is 0 Å². The van der Waals surface area contributed by atoms with E-state index in [2.05, 4.69) is 36.5 Å². The molecule has 0 aliphatic heterocycles. The van der Waals surface area contributed by atoms with Crippen molar-refractivity contribution < 1.29 is 4.74 Å². The summed E-state index contributed by atoms with van der Waals surface area (Å²) in [7, 11) is 3.64. The molecule has 0 aliphatic carbocycles. The molecule has 1 unspecified atom stereocenters. The predicted octanol–water partition coefficient (Wildman–Crippen LogP) is 2.22. The molecule has 5 nitrogen and oxygen atoms in total. The SMILES string of the molecule is COc1cc(C)c(C(NN)c2c(C)nn(C)c2C)cc1C. The molecule has 3 N–H and O–H groups in total. The zero-order chi connectivity index (χ0) is 15.7. The van der Waals surface area contributed by atoms with Crippen LogP contribution in [0.25, 0.3) is 0 Å². The number of rotatable bonds is 4. The predicted molar refractivity (Wildman–Crippen MR) is 84.3 cm³/mol. The van der Waals surface area contributed by atoms with Crippen LogP contribution in [0.3, 0.4) is 0 Å². The molecule has 1 aromatic carbocycles. The first-order valence-electron chi connectivity index (χ1n) is 7.02. The average molecular weight is 288 g/mol. The number of nitrogens with zero attached hydrogens (tertiary/aromatic N) is 2. The van der Waals surface area contributed by atoms with Gasteiger partial charge in [0, 0.05) is 18.3 Å². The summed E-state index contributed by atoms with van der Waals surface area (Å²) >= 11 is 0. The highest BCUT2D eigenvalue weighted by Gasteiger charge is 2.23. The van der Waals surface area contributed by atoms with E-state index in [1.54, 1.807) is 7.11 Å². The molecule has 0 saturated carbocycles. The molecule has 21 heavy (non-hydrogen) atoms. The number of aromatic nitrogens is 2. The van der Waals surface area contributed by atoms with Crippen molar-refractivity contribution in [1.29, 1.82) is 0 Å². The minimum Gasteiger partial charge on any atom is -0.496 e. The van der Waals surface area contributed by atoms with Crippen LogP contribution in [0, 0.1) is 27.7 Å². The third-order valence-corrected chi connectivity index (χ3v) is 4.11. The lowest BCUT2D eigenvalue weighted by atomic mass is 9.92. The van der Waals surface area contributed by atoms with Crippen molar-refractivity contribution in [3.8, 4) is 5.75 Å². The van der Waals surface area contributed by atoms with Gasteiger partial charge in [0.15, 0.2) is 0 Å². The summed E-state index contributed by atoms with van der Waals surface area (Å²) in [6, 6.07) is 4.10. The maximum absolute atomic E-state index is 5.86. The highest BCUT2D eigenvalue weighted by Crippen LogP contribution is 2.32. The zero-order valence-electron chi connectivity index (χ0n) is 13.6. The topological polar surface area (TPSA) is 65.1 Å². The van der Waals surface area contributed by atoms with Crippen LogP contribution >= 0.6 is 0 Å². The van der Waals surface area contributed by atoms with Crippen molar-refractivity contribution in [1.82, 2.24) is 15.2 Å². The number of nitrogens with one attached hydrogen (secondary N) is 1. The van der Waals surface area contributed by atoms with Gasteiger partial charge in [0.2, 0.25) is 0 Å². The lowest BCUT2D eigenvalue weighted by Crippen LogP contribution is -2.30. The summed E-state index contributed by atoms with van der Waals surface area (Å²) in [6.45, 7) is 8.19. The Balaban J connectivity index is 2.59. The first-order valence-corrected chi connectivity index (χ1v) is 7.02. The van der Waals surface area contributed by atoms with E-state index >= 15 is 0 Å². The Labute approximate surface area is 126 Å². The lowest BCUT2D eigenvalue weighted by Gasteiger charge is -2.21. The second-order valence-corrected chi connectivity index (χ2v) is 5.49. The molecule has 0 aliphatic rings. The maximum atomic E-state index is 5.86. The molecule has 0 fully saturated rings. The van der Waals surface area contributed by atoms with Crippen molar-refractivity contribution in [2.45, 2.75) is 33.7 Å². The number of aryl methyl sites for hydroxylation is 4. The van der Waals surface area contributed by atoms with Gasteiger partial charge in [-0.15, -0.1) is 0 Å². The number of nitrogens with two attached hydrogens (primary N) is 1. The van der Waals surface area contributed by atoms with Crippen molar-refractivity contribution in [3.05, 3.63) is 45.8 Å². The standard InChI is InChI=1S/C16H24N4O/c1-9-8-14(21-6)10(2)7-13(9)16(18-17)15-11(3)19-20(5)12(15)4/h7-8,16,18H,17H2,1-6H3. The first kappa shape index (κ1) is 15.5. The number of hydrogen-bond donors (Lipinski definition) is 2. The molecular formula is C16H24N4O. The van der Waals surface area contributed by atoms with Crippen LogP contribution in [0.1, 0.15) is 39.7 Å². The molecule has 0 amide bonds. The Morgan fingerprint density at radius 1 is 1.19 bits per heavy atom. The largest absolute Gasteiger partial charge is 0.496 e. The second-order valence-electron chi connectivity index (χ2n) is 5.49. The van der Waals surface area contributed by atoms with Crippen LogP contribution in [0.2, 0.25) is 0 Å². The summed E-state index contributed by atoms with van der Waals surface area (Å²) in [4.78, 5) is 0. The minimum atomic E-state index is -0.0803. The third-order valence-electron chi connectivity index (χ3n) is 4.11. The van der Waals surface area contributed by atoms with Crippen LogP contribution < -0.4 is 16.0 Å². The van der Waals surface area contributed by atoms with Crippen LogP contribution in [0.15, 0.2) is 12.1 Å². The monoisotopic (exact) mass is 288 g/mol. The summed E-state index contributed by atoms with van der Waals surface area (Å²) in [5.41, 5.74) is 9.56. The van der Waals surface area contributed by atoms with Crippen LogP contribution in [-0.4, -0.2) is 16.9 Å². The Bertz CT molecular complexity index is 661. The summed E-state index contributed by atoms with van der Waals surface area (Å²) < 4.78 is 7.27. The average Bonchev–Trinajstić information content (AvgIpc) is 2.69. The van der Waals surface area contributed by atoms with Gasteiger partial charge >= 0.3 is 0 Å². The quantitative estimate of drug-likeness (QED) is 0.669. The van der Waals surface area contributed by atoms with Gasteiger partial charge in [-0.25, -0.2) is 5.43 Å². The summed E-state index contributed by atoms with van der Waals surface area (Å²) in [6.07, 6.45) is 0. The molecule has 114 valence electrons. The van der Waals surface area contributed by atoms with Gasteiger partial charge in [-0.2, -0.15) is 5.10 Å². The van der Waals surface area contributed by atoms with Gasteiger partial charge in [-0.1, -0.05) is 6.07 Å². The normalized spacial score (nSPS) is 12.5. The van der Waals surface area contributed by atoms with E-state index in [0.717, 1.165) is 39.4 Å². The highest BCUT2D eigenvalue weighted by atomic mass is 16.5. The Hall–Kier alpha value is -1.85. The fraction of sp³-hybridized carbons (Fsp3) is 0.438. The Kier molecular flexibility index (Phi) is 4.34. The molecule has 0 saturated heterocycles. The number of ether oxygens (including phenoxy) is 1. The second kappa shape index (κ2) is 5.87. The molecule has 1 aromatic heterocycles. The van der Waals surface area contributed by atoms with Gasteiger partial charge in [-0.3, -0.25) is 10.5 Å². The number of methoxy groups -OCH3 is 1. The molecule has 5 heteroatoms. The first-order chi connectivity index (χ1) is 9.90. The fourth-order valence-electron chi connectivity index (χ4n) is 2.88. The van der Waals surface area contributed by atoms with Gasteiger partial charge in [-0.05, 0) is 50.5 Å². The molecule has 0 spiro atoms.